The SMILES string of the molecule is [2H]N1CCC2(C(=O)N(C)c3cnc4c(c(-c5ccc6c(cnn6C)c5)c(-c5cnn(C)c5)n4S(=O)(=O)c4ccccc4)c32)C1C(C)(C)C. The molecule has 1 fully saturated rings. The summed E-state index contributed by atoms with van der Waals surface area (Å²) in [7, 11) is 1.18. The van der Waals surface area contributed by atoms with Gasteiger partial charge in [-0.05, 0) is 48.2 Å². The van der Waals surface area contributed by atoms with Gasteiger partial charge in [-0.25, -0.2) is 17.4 Å². The lowest BCUT2D eigenvalue weighted by Crippen LogP contribution is -2.53. The third-order valence-corrected chi connectivity index (χ3v) is 11.5. The maximum Gasteiger partial charge on any atom is 0.269 e. The number of carbonyl (C=O) groups is 1. The topological polar surface area (TPSA) is 120 Å². The van der Waals surface area contributed by atoms with Gasteiger partial charge in [-0.15, -0.1) is 0 Å². The van der Waals surface area contributed by atoms with Crippen molar-refractivity contribution >= 4 is 43.6 Å². The Kier molecular flexibility index (Phi) is 5.95. The Morgan fingerprint density at radius 3 is 2.47 bits per heavy atom. The number of carbonyl (C=O) groups excluding carboxylic acids is 1. The highest BCUT2D eigenvalue weighted by Crippen LogP contribution is 2.57. The first-order valence-corrected chi connectivity index (χ1v) is 17.0. The van der Waals surface area contributed by atoms with E-state index in [-0.39, 0.29) is 16.4 Å². The van der Waals surface area contributed by atoms with Crippen LogP contribution in [0.5, 0.6) is 0 Å². The number of anilines is 1. The van der Waals surface area contributed by atoms with Crippen LogP contribution in [0.2, 0.25) is 1.41 Å². The molecule has 240 valence electrons. The molecule has 1 saturated heterocycles. The third-order valence-electron chi connectivity index (χ3n) is 9.81. The van der Waals surface area contributed by atoms with Crippen LogP contribution in [0, 0.1) is 5.41 Å². The van der Waals surface area contributed by atoms with E-state index in [9.17, 15) is 13.2 Å². The van der Waals surface area contributed by atoms with E-state index in [2.05, 4.69) is 31.0 Å². The molecule has 4 aromatic heterocycles. The normalized spacial score (nSPS) is 20.6. The fourth-order valence-corrected chi connectivity index (χ4v) is 9.44. The van der Waals surface area contributed by atoms with Gasteiger partial charge in [0.25, 0.3) is 10.0 Å². The Balaban J connectivity index is 1.61. The van der Waals surface area contributed by atoms with Crippen molar-refractivity contribution < 1.29 is 14.6 Å². The highest BCUT2D eigenvalue weighted by Gasteiger charge is 2.61. The summed E-state index contributed by atoms with van der Waals surface area (Å²) in [5.74, 6) is -0.114. The van der Waals surface area contributed by atoms with Gasteiger partial charge in [-0.1, -0.05) is 45.0 Å². The second kappa shape index (κ2) is 9.85. The Labute approximate surface area is 274 Å². The molecule has 2 aliphatic rings. The highest BCUT2D eigenvalue weighted by molar-refractivity contribution is 7.90. The lowest BCUT2D eigenvalue weighted by molar-refractivity contribution is -0.124. The number of aromatic nitrogens is 6. The van der Waals surface area contributed by atoms with Crippen LogP contribution in [0.3, 0.4) is 0 Å². The van der Waals surface area contributed by atoms with Crippen LogP contribution in [0.1, 0.15) is 32.8 Å². The van der Waals surface area contributed by atoms with Gasteiger partial charge in [0.05, 0.1) is 45.8 Å². The van der Waals surface area contributed by atoms with Crippen LogP contribution in [0.4, 0.5) is 5.69 Å². The summed E-state index contributed by atoms with van der Waals surface area (Å²) in [5.41, 5.74) is 3.25. The van der Waals surface area contributed by atoms with Crippen LogP contribution in [-0.2, 0) is 34.3 Å². The molecular formula is C35H36N8O3S. The number of amides is 1. The standard InChI is InChI=1S/C35H36N8O3S/c1-34(2,3)32-35(14-15-36-32)29-26(41(5)33(35)44)19-37-31-28(29)27(21-12-13-25-22(16-21)17-39-42(25)6)30(23-18-38-40(4)20-23)43(31)47(45,46)24-10-8-7-9-11-24/h7-13,16-20,32,36H,14-15H2,1-6H3/i/hD. The predicted octanol–water partition coefficient (Wildman–Crippen LogP) is 4.85. The van der Waals surface area contributed by atoms with Crippen molar-refractivity contribution in [3.8, 4) is 22.4 Å². The third kappa shape index (κ3) is 3.97. The monoisotopic (exact) mass is 649 g/mol. The number of nitrogens with one attached hydrogen (secondary N) is 1. The molecule has 2 aliphatic heterocycles. The molecule has 6 heterocycles. The molecule has 2 atom stereocenters. The molecule has 11 nitrogen and oxygen atoms in total. The summed E-state index contributed by atoms with van der Waals surface area (Å²) in [4.78, 5) is 21.3. The van der Waals surface area contributed by atoms with Crippen LogP contribution < -0.4 is 10.2 Å². The summed E-state index contributed by atoms with van der Waals surface area (Å²) in [6, 6.07) is 13.8. The predicted molar refractivity (Wildman–Crippen MR) is 182 cm³/mol. The summed E-state index contributed by atoms with van der Waals surface area (Å²) < 4.78 is 43.6. The first-order chi connectivity index (χ1) is 22.8. The van der Waals surface area contributed by atoms with Gasteiger partial charge in [-0.2, -0.15) is 10.2 Å². The van der Waals surface area contributed by atoms with Crippen LogP contribution in [0.15, 0.2) is 78.2 Å². The summed E-state index contributed by atoms with van der Waals surface area (Å²) in [6.45, 7) is 6.55. The van der Waals surface area contributed by atoms with E-state index in [0.717, 1.165) is 16.5 Å². The molecule has 1 N–H and O–H groups in total. The molecular weight excluding hydrogens is 613 g/mol. The highest BCUT2D eigenvalue weighted by atomic mass is 32.2. The molecule has 1 amide bonds. The van der Waals surface area contributed by atoms with Gasteiger partial charge in [0.15, 0.2) is 5.65 Å². The molecule has 2 unspecified atom stereocenters. The van der Waals surface area contributed by atoms with Gasteiger partial charge in [-0.3, -0.25) is 14.2 Å². The van der Waals surface area contributed by atoms with Crippen molar-refractivity contribution in [3.63, 3.8) is 0 Å². The minimum atomic E-state index is -4.24. The van der Waals surface area contributed by atoms with E-state index in [0.29, 0.717) is 46.4 Å². The first kappa shape index (κ1) is 28.4. The Morgan fingerprint density at radius 1 is 1.00 bits per heavy atom. The molecule has 2 aromatic carbocycles. The van der Waals surface area contributed by atoms with Crippen molar-refractivity contribution in [2.24, 2.45) is 19.5 Å². The van der Waals surface area contributed by atoms with Crippen LogP contribution in [0.25, 0.3) is 44.3 Å². The van der Waals surface area contributed by atoms with Crippen molar-refractivity contribution in [2.45, 2.75) is 43.5 Å². The van der Waals surface area contributed by atoms with E-state index in [1.165, 1.54) is 9.28 Å². The summed E-state index contributed by atoms with van der Waals surface area (Å²) >= 11 is 0. The molecule has 6 aromatic rings. The number of pyridine rings is 1. The van der Waals surface area contributed by atoms with Gasteiger partial charge < -0.3 is 10.2 Å². The average Bonchev–Trinajstić information content (AvgIpc) is 3.85. The Bertz CT molecular complexity index is 2410. The van der Waals surface area contributed by atoms with E-state index in [1.54, 1.807) is 83.5 Å². The summed E-state index contributed by atoms with van der Waals surface area (Å²) in [6.07, 6.45) is 7.27. The number of hydrogen-bond acceptors (Lipinski definition) is 7. The zero-order valence-electron chi connectivity index (χ0n) is 28.1. The van der Waals surface area contributed by atoms with Crippen LogP contribution >= 0.6 is 0 Å². The number of nitrogens with zero attached hydrogens (tertiary/aromatic N) is 7. The smallest absolute Gasteiger partial charge is 0.269 e. The maximum atomic E-state index is 14.9. The molecule has 0 bridgehead atoms. The van der Waals surface area contributed by atoms with Crippen molar-refractivity contribution in [3.05, 3.63) is 78.9 Å². The van der Waals surface area contributed by atoms with E-state index < -0.39 is 26.9 Å². The lowest BCUT2D eigenvalue weighted by atomic mass is 9.65. The van der Waals surface area contributed by atoms with Crippen molar-refractivity contribution in [1.29, 1.82) is 0 Å². The Morgan fingerprint density at radius 2 is 1.77 bits per heavy atom. The minimum absolute atomic E-state index is 0.109. The van der Waals surface area contributed by atoms with Crippen molar-refractivity contribution in [1.82, 2.24) is 33.8 Å². The van der Waals surface area contributed by atoms with Gasteiger partial charge in [0.2, 0.25) is 5.91 Å². The largest absolute Gasteiger partial charge is 0.313 e. The zero-order chi connectivity index (χ0) is 33.9. The number of fused-ring (bicyclic) bond motifs is 5. The van der Waals surface area contributed by atoms with Gasteiger partial charge in [0.1, 0.15) is 1.41 Å². The zero-order valence-corrected chi connectivity index (χ0v) is 27.9. The van der Waals surface area contributed by atoms with E-state index >= 15 is 0 Å². The molecule has 0 saturated carbocycles. The second-order valence-corrected chi connectivity index (χ2v) is 15.5. The maximum absolute atomic E-state index is 14.9. The first-order valence-electron chi connectivity index (χ1n) is 16.0. The molecule has 12 heteroatoms. The van der Waals surface area contributed by atoms with Crippen LogP contribution in [-0.4, -0.2) is 62.5 Å². The fraction of sp³-hybridized carbons (Fsp3) is 0.314. The quantitative estimate of drug-likeness (QED) is 0.290. The molecule has 47 heavy (non-hydrogen) atoms. The molecule has 0 aliphatic carbocycles. The lowest BCUT2D eigenvalue weighted by Gasteiger charge is -2.39. The number of hydrogen-bond donors (Lipinski definition) is 1. The van der Waals surface area contributed by atoms with Crippen molar-refractivity contribution in [2.75, 3.05) is 18.5 Å². The molecule has 1 spiro atoms. The number of rotatable bonds is 4. The molecule has 0 radical (unpaired) electrons. The number of likely N-dealkylation sites (N-methyl/N-ethyl adjacent to an activating group) is 1. The van der Waals surface area contributed by atoms with E-state index in [4.69, 9.17) is 6.40 Å². The van der Waals surface area contributed by atoms with Gasteiger partial charge in [0, 0.05) is 60.8 Å². The Hall–Kier alpha value is -4.81. The number of aryl methyl sites for hydroxylation is 2. The van der Waals surface area contributed by atoms with E-state index in [1.807, 2.05) is 25.2 Å². The number of benzene rings is 2. The fourth-order valence-electron chi connectivity index (χ4n) is 7.93. The summed E-state index contributed by atoms with van der Waals surface area (Å²) in [5, 5.41) is 11.9. The molecule has 8 rings (SSSR count). The minimum Gasteiger partial charge on any atom is -0.313 e. The average molecular weight is 650 g/mol. The second-order valence-electron chi connectivity index (χ2n) is 13.7. The van der Waals surface area contributed by atoms with Gasteiger partial charge >= 0.3 is 0 Å².